The van der Waals surface area contributed by atoms with Crippen molar-refractivity contribution in [1.82, 2.24) is 10.2 Å². The van der Waals surface area contributed by atoms with Crippen LogP contribution in [0, 0.1) is 0 Å². The molecule has 1 spiro atoms. The monoisotopic (exact) mass is 386 g/mol. The average Bonchev–Trinajstić information content (AvgIpc) is 2.94. The number of ether oxygens (including phenoxy) is 3. The van der Waals surface area contributed by atoms with Gasteiger partial charge >= 0.3 is 6.09 Å². The number of nitrogens with zero attached hydrogens (tertiary/aromatic N) is 1. The molecule has 3 atom stereocenters. The van der Waals surface area contributed by atoms with Crippen LogP contribution in [0.3, 0.4) is 0 Å². The zero-order valence-corrected chi connectivity index (χ0v) is 17.0. The van der Waals surface area contributed by atoms with E-state index in [0.29, 0.717) is 13.0 Å². The van der Waals surface area contributed by atoms with Crippen molar-refractivity contribution in [2.24, 2.45) is 0 Å². The first-order valence-electron chi connectivity index (χ1n) is 10.3. The van der Waals surface area contributed by atoms with Gasteiger partial charge in [0, 0.05) is 25.1 Å². The van der Waals surface area contributed by atoms with Crippen LogP contribution in [0.25, 0.3) is 0 Å². The van der Waals surface area contributed by atoms with Crippen molar-refractivity contribution in [3.05, 3.63) is 35.4 Å². The predicted octanol–water partition coefficient (Wildman–Crippen LogP) is 3.38. The lowest BCUT2D eigenvalue weighted by Crippen LogP contribution is -2.44. The Kier molecular flexibility index (Phi) is 5.23. The van der Waals surface area contributed by atoms with E-state index in [1.54, 1.807) is 7.11 Å². The number of alkyl carbamates (subject to hydrolysis) is 1. The summed E-state index contributed by atoms with van der Waals surface area (Å²) in [5.74, 6) is 1.64. The fourth-order valence-electron chi connectivity index (χ4n) is 4.70. The average molecular weight is 386 g/mol. The highest BCUT2D eigenvalue weighted by Gasteiger charge is 2.53. The van der Waals surface area contributed by atoms with Gasteiger partial charge in [0.2, 0.25) is 0 Å². The Morgan fingerprint density at radius 3 is 3.07 bits per heavy atom. The third-order valence-corrected chi connectivity index (χ3v) is 6.19. The van der Waals surface area contributed by atoms with E-state index in [2.05, 4.69) is 36.3 Å². The number of unbranched alkanes of at least 4 members (excludes halogenated alkanes) is 1. The van der Waals surface area contributed by atoms with Gasteiger partial charge in [0.1, 0.15) is 12.2 Å². The number of nitrogens with one attached hydrogen (secondary N) is 1. The molecule has 6 nitrogen and oxygen atoms in total. The molecule has 2 heterocycles. The minimum Gasteiger partial charge on any atom is -0.493 e. The van der Waals surface area contributed by atoms with Crippen molar-refractivity contribution in [2.45, 2.75) is 56.8 Å². The summed E-state index contributed by atoms with van der Waals surface area (Å²) in [4.78, 5) is 14.4. The standard InChI is InChI=1S/C22H30N2O4/c1-4-5-11-23-21(25)27-16-8-9-22-10-12-24(2)14-15-6-7-17(26-3)20(19(15)22)28-18(22)13-16/h6-9,16,18H,4-5,10-14H2,1-3H3,(H,23,25)/t16-,18+,22+/m1/s1. The van der Waals surface area contributed by atoms with Crippen molar-refractivity contribution in [3.8, 4) is 11.5 Å². The van der Waals surface area contributed by atoms with Gasteiger partial charge in [-0.15, -0.1) is 0 Å². The smallest absolute Gasteiger partial charge is 0.407 e. The Hall–Kier alpha value is -2.21. The number of hydrogen-bond donors (Lipinski definition) is 1. The van der Waals surface area contributed by atoms with Crippen molar-refractivity contribution in [1.29, 1.82) is 0 Å². The molecule has 0 saturated carbocycles. The molecular formula is C22H30N2O4. The van der Waals surface area contributed by atoms with E-state index >= 15 is 0 Å². The number of carbonyl (C=O) groups is 1. The molecule has 1 aromatic carbocycles. The van der Waals surface area contributed by atoms with Gasteiger partial charge in [-0.25, -0.2) is 4.79 Å². The van der Waals surface area contributed by atoms with Crippen LogP contribution in [0.2, 0.25) is 0 Å². The van der Waals surface area contributed by atoms with Crippen LogP contribution in [0.5, 0.6) is 11.5 Å². The van der Waals surface area contributed by atoms with Gasteiger partial charge in [0.25, 0.3) is 0 Å². The molecule has 0 radical (unpaired) electrons. The van der Waals surface area contributed by atoms with Crippen LogP contribution in [0.15, 0.2) is 24.3 Å². The zero-order valence-electron chi connectivity index (χ0n) is 17.0. The van der Waals surface area contributed by atoms with Gasteiger partial charge in [-0.1, -0.05) is 25.5 Å². The Labute approximate surface area is 166 Å². The highest BCUT2D eigenvalue weighted by atomic mass is 16.6. The maximum absolute atomic E-state index is 12.1. The van der Waals surface area contributed by atoms with E-state index in [4.69, 9.17) is 14.2 Å². The van der Waals surface area contributed by atoms with Crippen LogP contribution in [0.4, 0.5) is 4.79 Å². The Morgan fingerprint density at radius 2 is 2.29 bits per heavy atom. The first-order chi connectivity index (χ1) is 13.6. The van der Waals surface area contributed by atoms with E-state index in [1.807, 2.05) is 12.1 Å². The fraction of sp³-hybridized carbons (Fsp3) is 0.591. The van der Waals surface area contributed by atoms with Gasteiger partial charge in [-0.2, -0.15) is 0 Å². The number of benzene rings is 1. The summed E-state index contributed by atoms with van der Waals surface area (Å²) in [7, 11) is 3.84. The molecule has 3 aliphatic rings. The lowest BCUT2D eigenvalue weighted by atomic mass is 9.69. The highest BCUT2D eigenvalue weighted by Crippen LogP contribution is 2.55. The van der Waals surface area contributed by atoms with E-state index in [0.717, 1.165) is 43.9 Å². The zero-order chi connectivity index (χ0) is 19.7. The third kappa shape index (κ3) is 3.24. The van der Waals surface area contributed by atoms with Crippen LogP contribution in [0.1, 0.15) is 43.7 Å². The molecule has 0 bridgehead atoms. The fourth-order valence-corrected chi connectivity index (χ4v) is 4.70. The van der Waals surface area contributed by atoms with Gasteiger partial charge < -0.3 is 24.4 Å². The largest absolute Gasteiger partial charge is 0.493 e. The number of amides is 1. The van der Waals surface area contributed by atoms with E-state index in [-0.39, 0.29) is 23.7 Å². The molecule has 0 fully saturated rings. The van der Waals surface area contributed by atoms with Crippen LogP contribution in [-0.2, 0) is 16.7 Å². The molecule has 6 heteroatoms. The predicted molar refractivity (Wildman–Crippen MR) is 107 cm³/mol. The lowest BCUT2D eigenvalue weighted by molar-refractivity contribution is 0.0606. The Balaban J connectivity index is 1.60. The van der Waals surface area contributed by atoms with Gasteiger partial charge in [0.15, 0.2) is 11.5 Å². The molecule has 0 saturated heterocycles. The molecule has 1 aliphatic carbocycles. The normalized spacial score (nSPS) is 28.0. The van der Waals surface area contributed by atoms with E-state index in [1.165, 1.54) is 11.1 Å². The summed E-state index contributed by atoms with van der Waals surface area (Å²) in [6, 6.07) is 4.15. The molecule has 1 N–H and O–H groups in total. The molecule has 2 aliphatic heterocycles. The first kappa shape index (κ1) is 19.1. The van der Waals surface area contributed by atoms with Crippen LogP contribution < -0.4 is 14.8 Å². The van der Waals surface area contributed by atoms with E-state index < -0.39 is 0 Å². The maximum Gasteiger partial charge on any atom is 0.407 e. The van der Waals surface area contributed by atoms with Gasteiger partial charge in [0.05, 0.1) is 12.5 Å². The molecule has 4 rings (SSSR count). The summed E-state index contributed by atoms with van der Waals surface area (Å²) in [6.45, 7) is 4.63. The van der Waals surface area contributed by atoms with Gasteiger partial charge in [-0.05, 0) is 44.1 Å². The second kappa shape index (κ2) is 7.66. The second-order valence-electron chi connectivity index (χ2n) is 8.08. The minimum atomic E-state index is -0.353. The molecule has 1 amide bonds. The van der Waals surface area contributed by atoms with Crippen molar-refractivity contribution < 1.29 is 19.0 Å². The molecular weight excluding hydrogens is 356 g/mol. The quantitative estimate of drug-likeness (QED) is 0.621. The van der Waals surface area contributed by atoms with Crippen molar-refractivity contribution in [3.63, 3.8) is 0 Å². The summed E-state index contributed by atoms with van der Waals surface area (Å²) < 4.78 is 17.7. The minimum absolute atomic E-state index is 0.0532. The lowest BCUT2D eigenvalue weighted by Gasteiger charge is -2.36. The molecule has 0 aromatic heterocycles. The van der Waals surface area contributed by atoms with E-state index in [9.17, 15) is 4.79 Å². The summed E-state index contributed by atoms with van der Waals surface area (Å²) in [5.41, 5.74) is 2.37. The second-order valence-corrected chi connectivity index (χ2v) is 8.08. The maximum atomic E-state index is 12.1. The molecule has 1 aromatic rings. The van der Waals surface area contributed by atoms with Crippen molar-refractivity contribution >= 4 is 6.09 Å². The number of methoxy groups -OCH3 is 1. The molecule has 28 heavy (non-hydrogen) atoms. The first-order valence-corrected chi connectivity index (χ1v) is 10.3. The summed E-state index contributed by atoms with van der Waals surface area (Å²) >= 11 is 0. The number of carbonyl (C=O) groups excluding carboxylic acids is 1. The Bertz CT molecular complexity index is 778. The number of hydrogen-bond acceptors (Lipinski definition) is 5. The topological polar surface area (TPSA) is 60.0 Å². The number of rotatable bonds is 5. The SMILES string of the molecule is CCCCNC(=O)O[C@@H]1C=C[C@@]23CCN(C)Cc4ccc(OC)c(c42)O[C@H]3C1. The summed E-state index contributed by atoms with van der Waals surface area (Å²) in [5, 5.41) is 2.82. The third-order valence-electron chi connectivity index (χ3n) is 6.19. The van der Waals surface area contributed by atoms with Crippen LogP contribution in [-0.4, -0.2) is 50.4 Å². The van der Waals surface area contributed by atoms with Crippen LogP contribution >= 0.6 is 0 Å². The molecule has 0 unspecified atom stereocenters. The Morgan fingerprint density at radius 1 is 1.43 bits per heavy atom. The molecule has 152 valence electrons. The van der Waals surface area contributed by atoms with Gasteiger partial charge in [-0.3, -0.25) is 0 Å². The summed E-state index contributed by atoms with van der Waals surface area (Å²) in [6.07, 6.45) is 7.21. The van der Waals surface area contributed by atoms with Crippen molar-refractivity contribution in [2.75, 3.05) is 27.2 Å². The highest BCUT2D eigenvalue weighted by molar-refractivity contribution is 5.67.